The lowest BCUT2D eigenvalue weighted by atomic mass is 9.96. The summed E-state index contributed by atoms with van der Waals surface area (Å²) in [5.41, 5.74) is -0.160. The number of ketones is 2. The van der Waals surface area contributed by atoms with E-state index in [9.17, 15) is 23.2 Å². The summed E-state index contributed by atoms with van der Waals surface area (Å²) in [6, 6.07) is 2.74. The Kier molecular flexibility index (Phi) is 4.07. The second-order valence-corrected chi connectivity index (χ2v) is 4.41. The largest absolute Gasteiger partial charge is 0.430 e. The lowest BCUT2D eigenvalue weighted by molar-refractivity contribution is -0.151. The van der Waals surface area contributed by atoms with Crippen LogP contribution in [0.2, 0.25) is 0 Å². The van der Waals surface area contributed by atoms with Gasteiger partial charge in [0.25, 0.3) is 0 Å². The van der Waals surface area contributed by atoms with E-state index in [1.165, 1.54) is 6.92 Å². The number of benzene rings is 1. The highest BCUT2D eigenvalue weighted by molar-refractivity contribution is 6.25. The van der Waals surface area contributed by atoms with Gasteiger partial charge in [-0.2, -0.15) is 0 Å². The number of allylic oxidation sites excluding steroid dienone is 3. The van der Waals surface area contributed by atoms with Crippen LogP contribution in [0.15, 0.2) is 36.1 Å². The molecule has 1 heterocycles. The van der Waals surface area contributed by atoms with Crippen LogP contribution in [-0.2, 0) is 19.1 Å². The predicted octanol–water partition coefficient (Wildman–Crippen LogP) is 2.19. The van der Waals surface area contributed by atoms with Crippen molar-refractivity contribution in [2.75, 3.05) is 0 Å². The lowest BCUT2D eigenvalue weighted by Gasteiger charge is -2.15. The van der Waals surface area contributed by atoms with E-state index in [2.05, 4.69) is 0 Å². The molecule has 0 N–H and O–H groups in total. The van der Waals surface area contributed by atoms with E-state index in [0.717, 1.165) is 36.4 Å². The number of carbonyl (C=O) groups excluding carboxylic acids is 3. The monoisotopic (exact) mass is 292 g/mol. The Morgan fingerprint density at radius 3 is 2.67 bits per heavy atom. The number of hydrogen-bond donors (Lipinski definition) is 0. The Bertz CT molecular complexity index is 689. The third-order valence-corrected chi connectivity index (χ3v) is 2.80. The maximum absolute atomic E-state index is 13.4. The summed E-state index contributed by atoms with van der Waals surface area (Å²) in [6.07, 6.45) is 2.91. The summed E-state index contributed by atoms with van der Waals surface area (Å²) in [7, 11) is 0. The average Bonchev–Trinajstić information content (AvgIpc) is 2.38. The van der Waals surface area contributed by atoms with Crippen molar-refractivity contribution in [2.45, 2.75) is 6.92 Å². The molecule has 0 radical (unpaired) electrons. The molecule has 0 saturated carbocycles. The van der Waals surface area contributed by atoms with Crippen molar-refractivity contribution in [3.05, 3.63) is 53.3 Å². The number of rotatable bonds is 3. The van der Waals surface area contributed by atoms with Crippen LogP contribution in [0, 0.1) is 17.6 Å². The number of cyclic esters (lactones) is 1. The molecule has 0 fully saturated rings. The van der Waals surface area contributed by atoms with Crippen molar-refractivity contribution >= 4 is 23.6 Å². The second-order valence-electron chi connectivity index (χ2n) is 4.41. The molecule has 4 nitrogen and oxygen atoms in total. The maximum Gasteiger partial charge on any atom is 0.329 e. The molecule has 0 spiro atoms. The molecule has 21 heavy (non-hydrogen) atoms. The Labute approximate surface area is 118 Å². The summed E-state index contributed by atoms with van der Waals surface area (Å²) in [5, 5.41) is 0. The fourth-order valence-electron chi connectivity index (χ4n) is 1.81. The minimum absolute atomic E-state index is 0.106. The van der Waals surface area contributed by atoms with Gasteiger partial charge < -0.3 is 4.74 Å². The topological polar surface area (TPSA) is 60.4 Å². The Balaban J connectivity index is 2.22. The summed E-state index contributed by atoms with van der Waals surface area (Å²) in [6.45, 7) is 1.41. The first kappa shape index (κ1) is 14.8. The molecule has 0 aromatic heterocycles. The van der Waals surface area contributed by atoms with Gasteiger partial charge in [0.2, 0.25) is 0 Å². The normalized spacial score (nSPS) is 18.6. The third kappa shape index (κ3) is 3.28. The van der Waals surface area contributed by atoms with Gasteiger partial charge in [0.15, 0.2) is 17.5 Å². The van der Waals surface area contributed by atoms with E-state index in [1.807, 2.05) is 0 Å². The maximum atomic E-state index is 13.4. The van der Waals surface area contributed by atoms with Crippen molar-refractivity contribution in [1.29, 1.82) is 0 Å². The van der Waals surface area contributed by atoms with Gasteiger partial charge in [-0.15, -0.1) is 0 Å². The summed E-state index contributed by atoms with van der Waals surface area (Å²) in [5.74, 6) is -5.41. The van der Waals surface area contributed by atoms with Gasteiger partial charge in [0, 0.05) is 11.6 Å². The fraction of sp³-hybridized carbons (Fsp3) is 0.133. The SMILES string of the molecule is CC1=CC(=O)C(C(=O)C=Cc2cc(F)ccc2F)C(=O)O1. The highest BCUT2D eigenvalue weighted by Crippen LogP contribution is 2.17. The molecule has 0 aliphatic carbocycles. The van der Waals surface area contributed by atoms with Crippen LogP contribution in [0.1, 0.15) is 12.5 Å². The summed E-state index contributed by atoms with van der Waals surface area (Å²) >= 11 is 0. The first-order chi connectivity index (χ1) is 9.88. The Morgan fingerprint density at radius 2 is 2.00 bits per heavy atom. The smallest absolute Gasteiger partial charge is 0.329 e. The minimum Gasteiger partial charge on any atom is -0.430 e. The molecule has 108 valence electrons. The van der Waals surface area contributed by atoms with Gasteiger partial charge in [-0.1, -0.05) is 0 Å². The van der Waals surface area contributed by atoms with Crippen molar-refractivity contribution < 1.29 is 27.9 Å². The zero-order valence-corrected chi connectivity index (χ0v) is 10.9. The first-order valence-corrected chi connectivity index (χ1v) is 5.99. The highest BCUT2D eigenvalue weighted by atomic mass is 19.1. The van der Waals surface area contributed by atoms with Gasteiger partial charge in [0.05, 0.1) is 0 Å². The van der Waals surface area contributed by atoms with Crippen LogP contribution in [0.3, 0.4) is 0 Å². The molecular formula is C15H10F2O4. The van der Waals surface area contributed by atoms with Crippen molar-refractivity contribution in [3.63, 3.8) is 0 Å². The number of halogens is 2. The van der Waals surface area contributed by atoms with E-state index in [0.29, 0.717) is 0 Å². The molecular weight excluding hydrogens is 282 g/mol. The van der Waals surface area contributed by atoms with Crippen molar-refractivity contribution in [3.8, 4) is 0 Å². The number of esters is 1. The molecule has 1 unspecified atom stereocenters. The highest BCUT2D eigenvalue weighted by Gasteiger charge is 2.36. The van der Waals surface area contributed by atoms with Gasteiger partial charge in [-0.05, 0) is 37.3 Å². The van der Waals surface area contributed by atoms with Gasteiger partial charge in [-0.25, -0.2) is 8.78 Å². The standard InChI is InChI=1S/C15H10F2O4/c1-8-6-13(19)14(15(20)21-8)12(18)5-2-9-7-10(16)3-4-11(9)17/h2-7,14H,1H3. The predicted molar refractivity (Wildman–Crippen MR) is 68.7 cm³/mol. The molecule has 1 aliphatic rings. The number of ether oxygens (including phenoxy) is 1. The summed E-state index contributed by atoms with van der Waals surface area (Å²) < 4.78 is 31.0. The van der Waals surface area contributed by atoms with Crippen LogP contribution in [-0.4, -0.2) is 17.5 Å². The van der Waals surface area contributed by atoms with Crippen molar-refractivity contribution in [1.82, 2.24) is 0 Å². The van der Waals surface area contributed by atoms with E-state index >= 15 is 0 Å². The molecule has 0 saturated heterocycles. The molecule has 1 aromatic carbocycles. The molecule has 6 heteroatoms. The van der Waals surface area contributed by atoms with Gasteiger partial charge in [0.1, 0.15) is 17.4 Å². The van der Waals surface area contributed by atoms with E-state index in [-0.39, 0.29) is 11.3 Å². The molecule has 1 aliphatic heterocycles. The van der Waals surface area contributed by atoms with E-state index < -0.39 is 35.1 Å². The zero-order chi connectivity index (χ0) is 15.6. The van der Waals surface area contributed by atoms with E-state index in [4.69, 9.17) is 4.74 Å². The molecule has 2 rings (SSSR count). The lowest BCUT2D eigenvalue weighted by Crippen LogP contribution is -2.34. The third-order valence-electron chi connectivity index (χ3n) is 2.80. The molecule has 1 atom stereocenters. The summed E-state index contributed by atoms with van der Waals surface area (Å²) in [4.78, 5) is 35.0. The van der Waals surface area contributed by atoms with Crippen LogP contribution in [0.4, 0.5) is 8.78 Å². The van der Waals surface area contributed by atoms with E-state index in [1.54, 1.807) is 0 Å². The second kappa shape index (κ2) is 5.78. The molecule has 1 aromatic rings. The van der Waals surface area contributed by atoms with Crippen LogP contribution < -0.4 is 0 Å². The molecule has 0 amide bonds. The number of hydrogen-bond acceptors (Lipinski definition) is 4. The van der Waals surface area contributed by atoms with Crippen LogP contribution in [0.25, 0.3) is 6.08 Å². The number of carbonyl (C=O) groups is 3. The van der Waals surface area contributed by atoms with Crippen LogP contribution in [0.5, 0.6) is 0 Å². The quantitative estimate of drug-likeness (QED) is 0.487. The zero-order valence-electron chi connectivity index (χ0n) is 10.9. The van der Waals surface area contributed by atoms with Gasteiger partial charge in [-0.3, -0.25) is 14.4 Å². The van der Waals surface area contributed by atoms with Crippen molar-refractivity contribution in [2.24, 2.45) is 5.92 Å². The first-order valence-electron chi connectivity index (χ1n) is 5.99. The van der Waals surface area contributed by atoms with Crippen LogP contribution >= 0.6 is 0 Å². The average molecular weight is 292 g/mol. The minimum atomic E-state index is -1.60. The Hall–Kier alpha value is -2.63. The molecule has 0 bridgehead atoms. The fourth-order valence-corrected chi connectivity index (χ4v) is 1.81. The Morgan fingerprint density at radius 1 is 1.29 bits per heavy atom. The van der Waals surface area contributed by atoms with Gasteiger partial charge >= 0.3 is 5.97 Å².